The molecule has 5 heteroatoms. The Morgan fingerprint density at radius 1 is 1.32 bits per heavy atom. The van der Waals surface area contributed by atoms with Crippen molar-refractivity contribution in [2.75, 3.05) is 26.2 Å². The predicted molar refractivity (Wildman–Crippen MR) is 103 cm³/mol. The summed E-state index contributed by atoms with van der Waals surface area (Å²) in [6.45, 7) is 8.47. The van der Waals surface area contributed by atoms with Gasteiger partial charge in [-0.2, -0.15) is 0 Å². The number of rotatable bonds is 6. The van der Waals surface area contributed by atoms with Crippen LogP contribution >= 0.6 is 0 Å². The Kier molecular flexibility index (Phi) is 6.19. The third-order valence-electron chi connectivity index (χ3n) is 5.15. The van der Waals surface area contributed by atoms with E-state index in [9.17, 15) is 0 Å². The zero-order chi connectivity index (χ0) is 17.6. The molecule has 0 radical (unpaired) electrons. The van der Waals surface area contributed by atoms with Gasteiger partial charge in [0.25, 0.3) is 0 Å². The predicted octanol–water partition coefficient (Wildman–Crippen LogP) is 2.93. The van der Waals surface area contributed by atoms with Gasteiger partial charge in [-0.3, -0.25) is 9.89 Å². The highest BCUT2D eigenvalue weighted by molar-refractivity contribution is 5.78. The molecule has 25 heavy (non-hydrogen) atoms. The molecule has 0 spiro atoms. The molecule has 138 valence electrons. The number of benzene rings is 1. The fourth-order valence-electron chi connectivity index (χ4n) is 3.91. The van der Waals surface area contributed by atoms with Gasteiger partial charge in [-0.25, -0.2) is 0 Å². The molecule has 0 aliphatic carbocycles. The molecule has 2 aliphatic rings. The molecule has 1 aromatic carbocycles. The number of nitrogens with zero attached hydrogens (tertiary/aromatic N) is 2. The maximum Gasteiger partial charge on any atom is 0.189 e. The van der Waals surface area contributed by atoms with E-state index in [2.05, 4.69) is 35.1 Å². The van der Waals surface area contributed by atoms with Gasteiger partial charge >= 0.3 is 0 Å². The van der Waals surface area contributed by atoms with E-state index in [1.54, 1.807) is 0 Å². The van der Waals surface area contributed by atoms with Gasteiger partial charge in [-0.1, -0.05) is 32.0 Å². The van der Waals surface area contributed by atoms with Crippen molar-refractivity contribution in [3.63, 3.8) is 0 Å². The molecule has 2 atom stereocenters. The minimum Gasteiger partial charge on any atom is -0.493 e. The van der Waals surface area contributed by atoms with Crippen molar-refractivity contribution >= 4 is 5.96 Å². The van der Waals surface area contributed by atoms with Crippen LogP contribution in [0.15, 0.2) is 29.3 Å². The number of aliphatic imine (C=N–C) groups is 1. The van der Waals surface area contributed by atoms with Crippen LogP contribution in [-0.2, 0) is 0 Å². The summed E-state index contributed by atoms with van der Waals surface area (Å²) in [5.41, 5.74) is 7.39. The first kappa shape index (κ1) is 18.1. The number of hydrogen-bond acceptors (Lipinski definition) is 3. The summed E-state index contributed by atoms with van der Waals surface area (Å²) in [5.74, 6) is 2.18. The van der Waals surface area contributed by atoms with Crippen LogP contribution in [0.5, 0.6) is 5.75 Å². The van der Waals surface area contributed by atoms with Crippen LogP contribution in [0.25, 0.3) is 0 Å². The summed E-state index contributed by atoms with van der Waals surface area (Å²) in [5, 5.41) is 3.40. The normalized spacial score (nSPS) is 22.5. The van der Waals surface area contributed by atoms with Crippen LogP contribution in [0.2, 0.25) is 0 Å². The Morgan fingerprint density at radius 2 is 2.08 bits per heavy atom. The first-order valence-corrected chi connectivity index (χ1v) is 9.65. The summed E-state index contributed by atoms with van der Waals surface area (Å²) in [6, 6.07) is 8.86. The first-order chi connectivity index (χ1) is 12.1. The SMILES string of the molecule is CC(C)CC(CN=C(N)NC1CCOc2ccccc21)N1CCCC1. The Bertz CT molecular complexity index is 581. The van der Waals surface area contributed by atoms with Gasteiger partial charge < -0.3 is 15.8 Å². The van der Waals surface area contributed by atoms with Crippen molar-refractivity contribution in [2.24, 2.45) is 16.6 Å². The van der Waals surface area contributed by atoms with Gasteiger partial charge in [0.2, 0.25) is 0 Å². The minimum absolute atomic E-state index is 0.184. The van der Waals surface area contributed by atoms with Crippen LogP contribution < -0.4 is 15.8 Å². The summed E-state index contributed by atoms with van der Waals surface area (Å²) < 4.78 is 5.72. The lowest BCUT2D eigenvalue weighted by molar-refractivity contribution is 0.218. The highest BCUT2D eigenvalue weighted by Gasteiger charge is 2.24. The Balaban J connectivity index is 1.61. The average Bonchev–Trinajstić information content (AvgIpc) is 3.13. The quantitative estimate of drug-likeness (QED) is 0.615. The molecule has 1 fully saturated rings. The van der Waals surface area contributed by atoms with Gasteiger partial charge in [-0.15, -0.1) is 0 Å². The molecule has 1 saturated heterocycles. The molecule has 2 aliphatic heterocycles. The minimum atomic E-state index is 0.184. The molecule has 5 nitrogen and oxygen atoms in total. The summed E-state index contributed by atoms with van der Waals surface area (Å²) in [6.07, 6.45) is 4.71. The van der Waals surface area contributed by atoms with E-state index < -0.39 is 0 Å². The van der Waals surface area contributed by atoms with E-state index in [1.807, 2.05) is 18.2 Å². The largest absolute Gasteiger partial charge is 0.493 e. The van der Waals surface area contributed by atoms with Crippen molar-refractivity contribution in [3.8, 4) is 5.75 Å². The van der Waals surface area contributed by atoms with Crippen molar-refractivity contribution in [2.45, 2.75) is 51.6 Å². The molecule has 1 aromatic rings. The summed E-state index contributed by atoms with van der Waals surface area (Å²) in [4.78, 5) is 7.27. The zero-order valence-corrected chi connectivity index (χ0v) is 15.6. The van der Waals surface area contributed by atoms with Crippen LogP contribution in [-0.4, -0.2) is 43.1 Å². The Hall–Kier alpha value is -1.75. The number of fused-ring (bicyclic) bond motifs is 1. The van der Waals surface area contributed by atoms with Gasteiger partial charge in [0.1, 0.15) is 5.75 Å². The average molecular weight is 345 g/mol. The lowest BCUT2D eigenvalue weighted by Gasteiger charge is -2.29. The van der Waals surface area contributed by atoms with E-state index in [1.165, 1.54) is 37.9 Å². The number of nitrogens with two attached hydrogens (primary N) is 1. The van der Waals surface area contributed by atoms with E-state index in [-0.39, 0.29) is 6.04 Å². The monoisotopic (exact) mass is 344 g/mol. The maximum atomic E-state index is 6.22. The second-order valence-corrected chi connectivity index (χ2v) is 7.62. The smallest absolute Gasteiger partial charge is 0.189 e. The molecule has 2 heterocycles. The highest BCUT2D eigenvalue weighted by atomic mass is 16.5. The molecule has 0 aromatic heterocycles. The fraction of sp³-hybridized carbons (Fsp3) is 0.650. The number of guanidine groups is 1. The summed E-state index contributed by atoms with van der Waals surface area (Å²) >= 11 is 0. The van der Waals surface area contributed by atoms with E-state index >= 15 is 0 Å². The Labute approximate surface area is 151 Å². The van der Waals surface area contributed by atoms with Crippen molar-refractivity contribution < 1.29 is 4.74 Å². The lowest BCUT2D eigenvalue weighted by Crippen LogP contribution is -2.40. The van der Waals surface area contributed by atoms with Crippen molar-refractivity contribution in [1.82, 2.24) is 10.2 Å². The van der Waals surface area contributed by atoms with Gasteiger partial charge in [-0.05, 0) is 44.3 Å². The third-order valence-corrected chi connectivity index (χ3v) is 5.15. The second-order valence-electron chi connectivity index (χ2n) is 7.62. The van der Waals surface area contributed by atoms with Crippen molar-refractivity contribution in [1.29, 1.82) is 0 Å². The third kappa shape index (κ3) is 4.88. The van der Waals surface area contributed by atoms with Gasteiger partial charge in [0.05, 0.1) is 19.2 Å². The molecule has 3 rings (SSSR count). The van der Waals surface area contributed by atoms with Crippen LogP contribution in [0.3, 0.4) is 0 Å². The molecular formula is C20H32N4O. The van der Waals surface area contributed by atoms with Crippen LogP contribution in [0.1, 0.15) is 51.1 Å². The van der Waals surface area contributed by atoms with E-state index in [0.29, 0.717) is 24.5 Å². The number of para-hydroxylation sites is 1. The number of hydrogen-bond donors (Lipinski definition) is 2. The van der Waals surface area contributed by atoms with E-state index in [4.69, 9.17) is 10.5 Å². The zero-order valence-electron chi connectivity index (χ0n) is 15.6. The lowest BCUT2D eigenvalue weighted by atomic mass is 10.0. The van der Waals surface area contributed by atoms with Crippen LogP contribution in [0, 0.1) is 5.92 Å². The topological polar surface area (TPSA) is 62.9 Å². The number of ether oxygens (including phenoxy) is 1. The molecule has 0 bridgehead atoms. The van der Waals surface area contributed by atoms with Crippen LogP contribution in [0.4, 0.5) is 0 Å². The molecule has 0 amide bonds. The summed E-state index contributed by atoms with van der Waals surface area (Å²) in [7, 11) is 0. The molecular weight excluding hydrogens is 312 g/mol. The Morgan fingerprint density at radius 3 is 2.84 bits per heavy atom. The highest BCUT2D eigenvalue weighted by Crippen LogP contribution is 2.31. The van der Waals surface area contributed by atoms with Crippen molar-refractivity contribution in [3.05, 3.63) is 29.8 Å². The maximum absolute atomic E-state index is 6.22. The van der Waals surface area contributed by atoms with E-state index in [0.717, 1.165) is 18.7 Å². The van der Waals surface area contributed by atoms with Gasteiger partial charge in [0.15, 0.2) is 5.96 Å². The first-order valence-electron chi connectivity index (χ1n) is 9.65. The molecule has 2 unspecified atom stereocenters. The fourth-order valence-corrected chi connectivity index (χ4v) is 3.91. The number of likely N-dealkylation sites (tertiary alicyclic amines) is 1. The standard InChI is InChI=1S/C20H32N4O/c1-15(2)13-16(24-10-5-6-11-24)14-22-20(21)23-18-9-12-25-19-8-4-3-7-17(18)19/h3-4,7-8,15-16,18H,5-6,9-14H2,1-2H3,(H3,21,22,23). The molecule has 3 N–H and O–H groups in total. The number of nitrogens with one attached hydrogen (secondary N) is 1. The molecule has 0 saturated carbocycles. The second kappa shape index (κ2) is 8.56. The van der Waals surface area contributed by atoms with Gasteiger partial charge in [0, 0.05) is 18.0 Å².